The molecule has 0 bridgehead atoms. The highest BCUT2D eigenvalue weighted by molar-refractivity contribution is 5.88. The number of unbranched alkanes of at least 4 members (excludes halogenated alkanes) is 6. The lowest BCUT2D eigenvalue weighted by atomic mass is 9.70. The van der Waals surface area contributed by atoms with E-state index in [-0.39, 0.29) is 16.2 Å². The van der Waals surface area contributed by atoms with Gasteiger partial charge < -0.3 is 0 Å². The van der Waals surface area contributed by atoms with Crippen LogP contribution >= 0.6 is 0 Å². The van der Waals surface area contributed by atoms with E-state index in [1.165, 1.54) is 186 Å². The summed E-state index contributed by atoms with van der Waals surface area (Å²) in [6, 6.07) is 63.2. The average molecular weight is 1060 g/mol. The molecule has 3 nitrogen and oxygen atoms in total. The second-order valence-corrected chi connectivity index (χ2v) is 24.3. The van der Waals surface area contributed by atoms with Crippen molar-refractivity contribution in [2.24, 2.45) is 0 Å². The summed E-state index contributed by atoms with van der Waals surface area (Å²) in [5.41, 5.74) is 27.9. The molecule has 9 aromatic rings. The molecule has 3 aliphatic carbocycles. The highest BCUT2D eigenvalue weighted by atomic mass is 14.8. The number of hydrogen-bond acceptors (Lipinski definition) is 3. The Morgan fingerprint density at radius 3 is 0.852 bits per heavy atom. The molecular formula is C78H83N3. The number of aromatic nitrogens is 3. The summed E-state index contributed by atoms with van der Waals surface area (Å²) in [6.07, 6.45) is 25.3. The molecule has 0 amide bonds. The SMILES string of the molecule is CCCCC1(CCCC)c2ccccc2-c2ccc(-c3ccnc(-c4cc(-c5ccc6c(c5)C(CCCC)(CCCC)c5ccccc5-6)cc(-c5cc(-c6ccc7c(c6)C(CCCC)(CCCC)c6ccccc6-7)ccn5)n4)c3)cc21. The number of hydrogen-bond donors (Lipinski definition) is 0. The molecule has 0 aliphatic heterocycles. The lowest BCUT2D eigenvalue weighted by Crippen LogP contribution is -2.25. The Balaban J connectivity index is 0.998. The molecule has 410 valence electrons. The first-order valence-electron chi connectivity index (χ1n) is 31.5. The van der Waals surface area contributed by atoms with Crippen LogP contribution in [-0.2, 0) is 16.2 Å². The predicted molar refractivity (Wildman–Crippen MR) is 343 cm³/mol. The van der Waals surface area contributed by atoms with Crippen molar-refractivity contribution >= 4 is 0 Å². The zero-order chi connectivity index (χ0) is 55.6. The molecule has 0 spiro atoms. The largest absolute Gasteiger partial charge is 0.255 e. The van der Waals surface area contributed by atoms with Crippen LogP contribution in [0.15, 0.2) is 176 Å². The zero-order valence-electron chi connectivity index (χ0n) is 49.3. The minimum atomic E-state index is -0.0256. The summed E-state index contributed by atoms with van der Waals surface area (Å²) < 4.78 is 0. The van der Waals surface area contributed by atoms with E-state index in [9.17, 15) is 0 Å². The van der Waals surface area contributed by atoms with E-state index in [1.54, 1.807) is 0 Å². The third-order valence-corrected chi connectivity index (χ3v) is 19.4. The van der Waals surface area contributed by atoms with Gasteiger partial charge in [0.05, 0.1) is 22.8 Å². The van der Waals surface area contributed by atoms with Crippen molar-refractivity contribution in [3.63, 3.8) is 0 Å². The third kappa shape index (κ3) is 9.61. The maximum Gasteiger partial charge on any atom is 0.0900 e. The van der Waals surface area contributed by atoms with Gasteiger partial charge in [0.2, 0.25) is 0 Å². The molecule has 0 N–H and O–H groups in total. The van der Waals surface area contributed by atoms with Crippen LogP contribution in [-0.4, -0.2) is 15.0 Å². The fraction of sp³-hybridized carbons (Fsp3) is 0.346. The Kier molecular flexibility index (Phi) is 15.7. The molecule has 3 aromatic heterocycles. The van der Waals surface area contributed by atoms with Gasteiger partial charge in [-0.15, -0.1) is 0 Å². The van der Waals surface area contributed by atoms with E-state index in [2.05, 4.69) is 205 Å². The second-order valence-electron chi connectivity index (χ2n) is 24.3. The molecule has 0 saturated heterocycles. The zero-order valence-corrected chi connectivity index (χ0v) is 49.3. The molecule has 0 saturated carbocycles. The van der Waals surface area contributed by atoms with Crippen molar-refractivity contribution in [2.45, 2.75) is 173 Å². The molecule has 6 aromatic carbocycles. The number of benzene rings is 6. The van der Waals surface area contributed by atoms with Crippen molar-refractivity contribution in [2.75, 3.05) is 0 Å². The minimum absolute atomic E-state index is 0.00998. The molecule has 0 unspecified atom stereocenters. The van der Waals surface area contributed by atoms with Crippen molar-refractivity contribution < 1.29 is 0 Å². The standard InChI is InChI=1S/C78H83N3/c1-7-13-39-76(40-14-8-2)66-28-22-19-25-60(66)63-34-31-54(47-69(63)76)57-37-45-79-72(50-57)74-52-59(56-33-36-65-62-27-21-24-30-68(62)78(43-17-11-5,44-18-12-6)71(65)49-56)53-75(81-74)73-51-58(38-46-80-73)55-32-35-64-61-26-20-23-29-67(61)77(41-15-9-3,42-16-10-4)70(64)48-55/h19-38,45-53H,7-18,39-44H2,1-6H3. The molecule has 3 heterocycles. The lowest BCUT2D eigenvalue weighted by molar-refractivity contribution is 0.414. The molecular weight excluding hydrogens is 979 g/mol. The van der Waals surface area contributed by atoms with Gasteiger partial charge in [-0.25, -0.2) is 4.98 Å². The molecule has 3 heteroatoms. The van der Waals surface area contributed by atoms with Gasteiger partial charge in [-0.1, -0.05) is 228 Å². The van der Waals surface area contributed by atoms with Crippen LogP contribution < -0.4 is 0 Å². The van der Waals surface area contributed by atoms with Crippen LogP contribution in [0.2, 0.25) is 0 Å². The summed E-state index contributed by atoms with van der Waals surface area (Å²) in [4.78, 5) is 16.0. The second kappa shape index (κ2) is 23.3. The van der Waals surface area contributed by atoms with Crippen LogP contribution in [0.5, 0.6) is 0 Å². The fourth-order valence-corrected chi connectivity index (χ4v) is 15.2. The van der Waals surface area contributed by atoms with Gasteiger partial charge in [0.1, 0.15) is 0 Å². The highest BCUT2D eigenvalue weighted by Crippen LogP contribution is 2.58. The van der Waals surface area contributed by atoms with Crippen LogP contribution in [0.4, 0.5) is 0 Å². The Hall–Kier alpha value is -7.23. The average Bonchev–Trinajstić information content (AvgIpc) is 4.23. The van der Waals surface area contributed by atoms with Crippen molar-refractivity contribution in [3.8, 4) is 89.5 Å². The van der Waals surface area contributed by atoms with Crippen LogP contribution in [0.1, 0.15) is 190 Å². The lowest BCUT2D eigenvalue weighted by Gasteiger charge is -2.33. The van der Waals surface area contributed by atoms with E-state index < -0.39 is 0 Å². The minimum Gasteiger partial charge on any atom is -0.255 e. The van der Waals surface area contributed by atoms with Crippen molar-refractivity contribution in [1.29, 1.82) is 0 Å². The van der Waals surface area contributed by atoms with Gasteiger partial charge in [-0.05, 0) is 193 Å². The maximum absolute atomic E-state index is 5.61. The fourth-order valence-electron chi connectivity index (χ4n) is 15.2. The molecule has 0 atom stereocenters. The van der Waals surface area contributed by atoms with E-state index in [4.69, 9.17) is 15.0 Å². The molecule has 81 heavy (non-hydrogen) atoms. The van der Waals surface area contributed by atoms with Gasteiger partial charge in [0, 0.05) is 28.6 Å². The van der Waals surface area contributed by atoms with Crippen LogP contribution in [0, 0.1) is 0 Å². The molecule has 0 radical (unpaired) electrons. The Bertz CT molecular complexity index is 3520. The van der Waals surface area contributed by atoms with Crippen molar-refractivity contribution in [3.05, 3.63) is 210 Å². The monoisotopic (exact) mass is 1060 g/mol. The summed E-state index contributed by atoms with van der Waals surface area (Å²) in [5, 5.41) is 0. The Labute approximate surface area is 484 Å². The van der Waals surface area contributed by atoms with Crippen LogP contribution in [0.25, 0.3) is 89.5 Å². The molecule has 0 fully saturated rings. The quantitative estimate of drug-likeness (QED) is 0.0641. The third-order valence-electron chi connectivity index (χ3n) is 19.4. The molecule has 3 aliphatic rings. The normalized spacial score (nSPS) is 14.5. The van der Waals surface area contributed by atoms with E-state index in [1.807, 2.05) is 12.4 Å². The highest BCUT2D eigenvalue weighted by Gasteiger charge is 2.45. The summed E-state index contributed by atoms with van der Waals surface area (Å²) in [5.74, 6) is 0. The number of pyridine rings is 3. The van der Waals surface area contributed by atoms with Crippen LogP contribution in [0.3, 0.4) is 0 Å². The van der Waals surface area contributed by atoms with Gasteiger partial charge in [0.15, 0.2) is 0 Å². The number of fused-ring (bicyclic) bond motifs is 9. The Morgan fingerprint density at radius 1 is 0.259 bits per heavy atom. The topological polar surface area (TPSA) is 38.7 Å². The predicted octanol–water partition coefficient (Wildman–Crippen LogP) is 22.1. The first-order chi connectivity index (χ1) is 39.8. The summed E-state index contributed by atoms with van der Waals surface area (Å²) in [7, 11) is 0. The van der Waals surface area contributed by atoms with Gasteiger partial charge in [-0.2, -0.15) is 0 Å². The first-order valence-corrected chi connectivity index (χ1v) is 31.5. The van der Waals surface area contributed by atoms with Gasteiger partial charge >= 0.3 is 0 Å². The maximum atomic E-state index is 5.61. The molecule has 12 rings (SSSR count). The number of nitrogens with zero attached hydrogens (tertiary/aromatic N) is 3. The van der Waals surface area contributed by atoms with Crippen molar-refractivity contribution in [1.82, 2.24) is 15.0 Å². The van der Waals surface area contributed by atoms with Gasteiger partial charge in [-0.3, -0.25) is 9.97 Å². The summed E-state index contributed by atoms with van der Waals surface area (Å²) in [6.45, 7) is 14.0. The summed E-state index contributed by atoms with van der Waals surface area (Å²) >= 11 is 0. The first kappa shape index (κ1) is 54.4. The number of rotatable bonds is 23. The van der Waals surface area contributed by atoms with Gasteiger partial charge in [0.25, 0.3) is 0 Å². The van der Waals surface area contributed by atoms with E-state index in [0.717, 1.165) is 52.3 Å². The smallest absolute Gasteiger partial charge is 0.0900 e. The van der Waals surface area contributed by atoms with E-state index in [0.29, 0.717) is 0 Å². The van der Waals surface area contributed by atoms with E-state index >= 15 is 0 Å². The Morgan fingerprint density at radius 2 is 0.531 bits per heavy atom.